The van der Waals surface area contributed by atoms with Gasteiger partial charge in [0.1, 0.15) is 0 Å². The average Bonchev–Trinajstić information content (AvgIpc) is 2.60. The van der Waals surface area contributed by atoms with Crippen molar-refractivity contribution in [1.82, 2.24) is 3.92 Å². The Labute approximate surface area is 104 Å². The van der Waals surface area contributed by atoms with Crippen LogP contribution in [0.2, 0.25) is 0 Å². The Morgan fingerprint density at radius 1 is 1.00 bits per heavy atom. The van der Waals surface area contributed by atoms with Gasteiger partial charge in [-0.3, -0.25) is 0 Å². The van der Waals surface area contributed by atoms with E-state index in [-0.39, 0.29) is 24.7 Å². The number of carbonyl (C=O) groups is 2. The molecule has 0 spiro atoms. The zero-order valence-electron chi connectivity index (χ0n) is 8.23. The predicted octanol–water partition coefficient (Wildman–Crippen LogP) is 1.46. The molecule has 2 rings (SSSR count). The van der Waals surface area contributed by atoms with Gasteiger partial charge >= 0.3 is 104 Å². The third-order valence-corrected chi connectivity index (χ3v) is 9.13. The first-order chi connectivity index (χ1) is 7.53. The molecule has 6 heteroatoms. The number of carbonyl (C=O) groups excluding carboxylic acids is 2. The van der Waals surface area contributed by atoms with Gasteiger partial charge in [0.15, 0.2) is 0 Å². The van der Waals surface area contributed by atoms with E-state index in [4.69, 9.17) is 20.2 Å². The van der Waals surface area contributed by atoms with Crippen LogP contribution in [0.1, 0.15) is 12.8 Å². The van der Waals surface area contributed by atoms with E-state index in [1.165, 1.54) is 0 Å². The topological polar surface area (TPSA) is 37.4 Å². The van der Waals surface area contributed by atoms with Crippen LogP contribution in [0.15, 0.2) is 30.3 Å². The molecule has 1 heterocycles. The number of hydrogen-bond donors (Lipinski definition) is 0. The molecule has 16 heavy (non-hydrogen) atoms. The minimum absolute atomic E-state index is 0.213. The van der Waals surface area contributed by atoms with Gasteiger partial charge in [0, 0.05) is 0 Å². The first-order valence-corrected chi connectivity index (χ1v) is 10.8. The summed E-state index contributed by atoms with van der Waals surface area (Å²) in [7, 11) is 12.5. The quantitative estimate of drug-likeness (QED) is 0.610. The van der Waals surface area contributed by atoms with Crippen LogP contribution in [0.25, 0.3) is 0 Å². The van der Waals surface area contributed by atoms with Gasteiger partial charge in [-0.15, -0.1) is 0 Å². The molecule has 1 aromatic rings. The van der Waals surface area contributed by atoms with Gasteiger partial charge < -0.3 is 0 Å². The van der Waals surface area contributed by atoms with Crippen molar-refractivity contribution in [1.29, 1.82) is 0 Å². The van der Waals surface area contributed by atoms with Crippen LogP contribution in [0.5, 0.6) is 0 Å². The molecule has 0 radical (unpaired) electrons. The number of amides is 2. The van der Waals surface area contributed by atoms with Crippen molar-refractivity contribution in [2.75, 3.05) is 0 Å². The van der Waals surface area contributed by atoms with Crippen LogP contribution in [0, 0.1) is 0 Å². The van der Waals surface area contributed by atoms with Crippen molar-refractivity contribution in [2.24, 2.45) is 0 Å². The van der Waals surface area contributed by atoms with Gasteiger partial charge in [0.05, 0.1) is 0 Å². The molecule has 1 aromatic carbocycles. The van der Waals surface area contributed by atoms with Crippen LogP contribution in [0.3, 0.4) is 0 Å². The first kappa shape index (κ1) is 11.9. The van der Waals surface area contributed by atoms with Crippen molar-refractivity contribution in [3.8, 4) is 0 Å². The van der Waals surface area contributed by atoms with E-state index in [0.717, 1.165) is 3.92 Å². The fourth-order valence-electron chi connectivity index (χ4n) is 1.50. The summed E-state index contributed by atoms with van der Waals surface area (Å²) in [6, 6.07) is 8.91. The fraction of sp³-hybridized carbons (Fsp3) is 0.200. The van der Waals surface area contributed by atoms with Crippen molar-refractivity contribution in [3.63, 3.8) is 0 Å². The van der Waals surface area contributed by atoms with Crippen molar-refractivity contribution < 1.29 is 9.59 Å². The van der Waals surface area contributed by atoms with Gasteiger partial charge in [-0.1, -0.05) is 0 Å². The van der Waals surface area contributed by atoms with Crippen molar-refractivity contribution in [2.45, 2.75) is 12.8 Å². The van der Waals surface area contributed by atoms with E-state index in [9.17, 15) is 9.59 Å². The minimum atomic E-state index is -3.39. The molecular weight excluding hydrogens is 316 g/mol. The molecule has 0 saturated carbocycles. The predicted molar refractivity (Wildman–Crippen MR) is 64.6 cm³/mol. The second kappa shape index (κ2) is 4.38. The molecule has 0 unspecified atom stereocenters. The Morgan fingerprint density at radius 3 is 2.00 bits per heavy atom. The summed E-state index contributed by atoms with van der Waals surface area (Å²) in [6.07, 6.45) is 0.425. The SMILES string of the molecule is O=C1CCC(=O)N1[Se](Cl)(Cl)c1ccccc1. The number of hydrogen-bond acceptors (Lipinski definition) is 2. The maximum atomic E-state index is 11.6. The van der Waals surface area contributed by atoms with Crippen LogP contribution in [0.4, 0.5) is 0 Å². The van der Waals surface area contributed by atoms with Gasteiger partial charge in [-0.25, -0.2) is 0 Å². The summed E-state index contributed by atoms with van der Waals surface area (Å²) in [5.74, 6) is -0.530. The molecular formula is C10H9Cl2NO2Se. The summed E-state index contributed by atoms with van der Waals surface area (Å²) in [4.78, 5) is 23.2. The molecule has 0 N–H and O–H groups in total. The van der Waals surface area contributed by atoms with E-state index in [0.29, 0.717) is 4.46 Å². The average molecular weight is 325 g/mol. The summed E-state index contributed by atoms with van der Waals surface area (Å²) >= 11 is -3.39. The van der Waals surface area contributed by atoms with Crippen molar-refractivity contribution in [3.05, 3.63) is 30.3 Å². The molecule has 1 aliphatic heterocycles. The second-order valence-corrected chi connectivity index (χ2v) is 12.4. The van der Waals surface area contributed by atoms with Gasteiger partial charge in [0.25, 0.3) is 0 Å². The third kappa shape index (κ3) is 1.98. The Hall–Kier alpha value is -0.541. The van der Waals surface area contributed by atoms with Crippen LogP contribution in [-0.2, 0) is 9.59 Å². The molecule has 1 saturated heterocycles. The fourth-order valence-corrected chi connectivity index (χ4v) is 7.09. The van der Waals surface area contributed by atoms with Crippen LogP contribution in [-0.4, -0.2) is 27.0 Å². The Kier molecular flexibility index (Phi) is 3.26. The molecule has 0 bridgehead atoms. The molecule has 86 valence electrons. The maximum absolute atomic E-state index is 11.6. The second-order valence-electron chi connectivity index (χ2n) is 3.34. The molecule has 2 amide bonds. The standard InChI is InChI=1S/C10H9Cl2NO2Se/c11-16(12,8-4-2-1-3-5-8)13-9(14)6-7-10(13)15/h1-5H,6-7H2. The normalized spacial score (nSPS) is 18.0. The van der Waals surface area contributed by atoms with Crippen LogP contribution >= 0.6 is 20.2 Å². The monoisotopic (exact) mass is 325 g/mol. The van der Waals surface area contributed by atoms with Gasteiger partial charge in [-0.2, -0.15) is 0 Å². The van der Waals surface area contributed by atoms with Gasteiger partial charge in [-0.05, 0) is 0 Å². The number of halogens is 2. The molecule has 0 aliphatic carbocycles. The number of imide groups is 1. The van der Waals surface area contributed by atoms with E-state index in [1.807, 2.05) is 6.07 Å². The number of rotatable bonds is 2. The van der Waals surface area contributed by atoms with Crippen LogP contribution < -0.4 is 4.46 Å². The zero-order chi connectivity index (χ0) is 11.8. The Balaban J connectivity index is 2.39. The molecule has 3 nitrogen and oxygen atoms in total. The Morgan fingerprint density at radius 2 is 1.50 bits per heavy atom. The summed E-state index contributed by atoms with van der Waals surface area (Å²) < 4.78 is 1.75. The number of benzene rings is 1. The molecule has 0 aromatic heterocycles. The molecule has 0 atom stereocenters. The van der Waals surface area contributed by atoms with E-state index < -0.39 is 11.2 Å². The van der Waals surface area contributed by atoms with Crippen molar-refractivity contribution >= 4 is 47.7 Å². The first-order valence-electron chi connectivity index (χ1n) is 4.67. The Bertz CT molecular complexity index is 420. The molecule has 1 fully saturated rings. The summed E-state index contributed by atoms with van der Waals surface area (Å²) in [6.45, 7) is 0. The van der Waals surface area contributed by atoms with E-state index >= 15 is 0 Å². The summed E-state index contributed by atoms with van der Waals surface area (Å²) in [5.41, 5.74) is 0. The third-order valence-electron chi connectivity index (χ3n) is 2.26. The molecule has 1 aliphatic rings. The van der Waals surface area contributed by atoms with E-state index in [2.05, 4.69) is 0 Å². The summed E-state index contributed by atoms with van der Waals surface area (Å²) in [5, 5.41) is 0. The zero-order valence-corrected chi connectivity index (χ0v) is 11.5. The number of nitrogens with zero attached hydrogens (tertiary/aromatic N) is 1. The van der Waals surface area contributed by atoms with Gasteiger partial charge in [0.2, 0.25) is 0 Å². The van der Waals surface area contributed by atoms with E-state index in [1.54, 1.807) is 24.3 Å².